The number of benzene rings is 2. The van der Waals surface area contributed by atoms with Crippen molar-refractivity contribution in [3.63, 3.8) is 0 Å². The number of imidazole rings is 1. The predicted molar refractivity (Wildman–Crippen MR) is 136 cm³/mol. The average molecular weight is 466 g/mol. The number of rotatable bonds is 6. The van der Waals surface area contributed by atoms with Crippen LogP contribution in [0.25, 0.3) is 27.9 Å². The topological polar surface area (TPSA) is 89.1 Å². The lowest BCUT2D eigenvalue weighted by molar-refractivity contribution is 0.0951. The minimum atomic E-state index is -0.0149. The summed E-state index contributed by atoms with van der Waals surface area (Å²) in [6, 6.07) is 14.3. The molecule has 1 saturated carbocycles. The average Bonchev–Trinajstić information content (AvgIpc) is 3.38. The molecule has 8 nitrogen and oxygen atoms in total. The van der Waals surface area contributed by atoms with Gasteiger partial charge in [0, 0.05) is 30.4 Å². The summed E-state index contributed by atoms with van der Waals surface area (Å²) in [5, 5.41) is 10.9. The fourth-order valence-electron chi connectivity index (χ4n) is 4.33. The number of nitrogens with zero attached hydrogens (tertiary/aromatic N) is 5. The van der Waals surface area contributed by atoms with E-state index >= 15 is 0 Å². The molecule has 0 spiro atoms. The van der Waals surface area contributed by atoms with Crippen molar-refractivity contribution < 1.29 is 4.79 Å². The Balaban J connectivity index is 1.44. The molecule has 1 amide bonds. The van der Waals surface area contributed by atoms with Gasteiger partial charge >= 0.3 is 0 Å². The van der Waals surface area contributed by atoms with E-state index in [1.807, 2.05) is 49.8 Å². The summed E-state index contributed by atoms with van der Waals surface area (Å²) in [5.41, 5.74) is 8.56. The molecule has 35 heavy (non-hydrogen) atoms. The monoisotopic (exact) mass is 465 g/mol. The van der Waals surface area contributed by atoms with Crippen LogP contribution < -0.4 is 10.6 Å². The first kappa shape index (κ1) is 21.3. The Morgan fingerprint density at radius 1 is 1.09 bits per heavy atom. The van der Waals surface area contributed by atoms with Crippen molar-refractivity contribution in [2.45, 2.75) is 39.3 Å². The van der Waals surface area contributed by atoms with Gasteiger partial charge in [0.1, 0.15) is 0 Å². The molecule has 0 bridgehead atoms. The first-order valence-corrected chi connectivity index (χ1v) is 11.9. The highest BCUT2D eigenvalue weighted by molar-refractivity contribution is 5.95. The zero-order valence-corrected chi connectivity index (χ0v) is 20.0. The minimum Gasteiger partial charge on any atom is -0.361 e. The fraction of sp³-hybridized carbons (Fsp3) is 0.259. The molecule has 0 unspecified atom stereocenters. The Bertz CT molecular complexity index is 1580. The van der Waals surface area contributed by atoms with Gasteiger partial charge in [0.25, 0.3) is 5.91 Å². The standard InChI is InChI=1S/C27H27N7O/c1-16-12-22-23(13-17(16)2)34-24(18-4-6-19(7-5-18)27(35)30-20-8-9-20)15-29-26(34)25(31-22)28-14-21-10-11-33(3)32-21/h4-7,10-13,15,20H,8-9,14H2,1-3H3,(H,28,31)(H,30,35). The Morgan fingerprint density at radius 3 is 2.57 bits per heavy atom. The summed E-state index contributed by atoms with van der Waals surface area (Å²) in [7, 11) is 1.91. The van der Waals surface area contributed by atoms with Gasteiger partial charge in [-0.15, -0.1) is 0 Å². The molecule has 3 aromatic heterocycles. The van der Waals surface area contributed by atoms with E-state index in [0.717, 1.165) is 46.5 Å². The van der Waals surface area contributed by atoms with Gasteiger partial charge in [-0.2, -0.15) is 5.10 Å². The van der Waals surface area contributed by atoms with Crippen LogP contribution in [0.4, 0.5) is 5.82 Å². The van der Waals surface area contributed by atoms with Crippen LogP contribution in [0.1, 0.15) is 40.0 Å². The Morgan fingerprint density at radius 2 is 1.86 bits per heavy atom. The molecule has 176 valence electrons. The molecule has 0 atom stereocenters. The molecule has 0 radical (unpaired) electrons. The number of nitrogens with one attached hydrogen (secondary N) is 2. The molecule has 3 heterocycles. The summed E-state index contributed by atoms with van der Waals surface area (Å²) in [6.07, 6.45) is 5.94. The van der Waals surface area contributed by atoms with Crippen LogP contribution in [0.15, 0.2) is 54.9 Å². The van der Waals surface area contributed by atoms with Gasteiger partial charge in [-0.25, -0.2) is 9.97 Å². The molecule has 2 N–H and O–H groups in total. The van der Waals surface area contributed by atoms with Crippen molar-refractivity contribution >= 4 is 28.4 Å². The maximum Gasteiger partial charge on any atom is 0.251 e. The lowest BCUT2D eigenvalue weighted by Gasteiger charge is -2.13. The number of hydrogen-bond acceptors (Lipinski definition) is 5. The van der Waals surface area contributed by atoms with Gasteiger partial charge in [0.05, 0.1) is 35.2 Å². The molecule has 0 saturated heterocycles. The SMILES string of the molecule is Cc1cc2nc(NCc3ccn(C)n3)c3ncc(-c4ccc(C(=O)NC5CC5)cc4)n3c2cc1C. The van der Waals surface area contributed by atoms with Crippen LogP contribution in [-0.2, 0) is 13.6 Å². The smallest absolute Gasteiger partial charge is 0.251 e. The van der Waals surface area contributed by atoms with Crippen LogP contribution in [-0.4, -0.2) is 36.1 Å². The van der Waals surface area contributed by atoms with Crippen molar-refractivity contribution in [1.82, 2.24) is 29.5 Å². The van der Waals surface area contributed by atoms with Crippen LogP contribution in [0, 0.1) is 13.8 Å². The van der Waals surface area contributed by atoms with E-state index in [-0.39, 0.29) is 5.91 Å². The molecule has 8 heteroatoms. The molecule has 1 aliphatic rings. The van der Waals surface area contributed by atoms with Gasteiger partial charge < -0.3 is 10.6 Å². The Labute approximate surface area is 203 Å². The van der Waals surface area contributed by atoms with Crippen molar-refractivity contribution in [2.24, 2.45) is 7.05 Å². The summed E-state index contributed by atoms with van der Waals surface area (Å²) in [5.74, 6) is 0.692. The summed E-state index contributed by atoms with van der Waals surface area (Å²) in [6.45, 7) is 4.76. The quantitative estimate of drug-likeness (QED) is 0.388. The predicted octanol–water partition coefficient (Wildman–Crippen LogP) is 4.40. The zero-order valence-electron chi connectivity index (χ0n) is 20.0. The molecule has 5 aromatic rings. The van der Waals surface area contributed by atoms with E-state index in [9.17, 15) is 4.79 Å². The lowest BCUT2D eigenvalue weighted by atomic mass is 10.1. The maximum atomic E-state index is 12.4. The largest absolute Gasteiger partial charge is 0.361 e. The van der Waals surface area contributed by atoms with Crippen molar-refractivity contribution in [2.75, 3.05) is 5.32 Å². The number of aryl methyl sites for hydroxylation is 3. The lowest BCUT2D eigenvalue weighted by Crippen LogP contribution is -2.25. The molecule has 6 rings (SSSR count). The number of carbonyl (C=O) groups is 1. The van der Waals surface area contributed by atoms with E-state index in [4.69, 9.17) is 9.97 Å². The minimum absolute atomic E-state index is 0.0149. The van der Waals surface area contributed by atoms with Crippen LogP contribution in [0.5, 0.6) is 0 Å². The van der Waals surface area contributed by atoms with Crippen LogP contribution >= 0.6 is 0 Å². The molecule has 2 aromatic carbocycles. The number of fused-ring (bicyclic) bond motifs is 3. The summed E-state index contributed by atoms with van der Waals surface area (Å²) >= 11 is 0. The summed E-state index contributed by atoms with van der Waals surface area (Å²) in [4.78, 5) is 22.1. The second-order valence-electron chi connectivity index (χ2n) is 9.35. The Kier molecular flexibility index (Phi) is 5.02. The molecular weight excluding hydrogens is 438 g/mol. The fourth-order valence-corrected chi connectivity index (χ4v) is 4.33. The van der Waals surface area contributed by atoms with E-state index in [0.29, 0.717) is 24.0 Å². The second kappa shape index (κ2) is 8.23. The third kappa shape index (κ3) is 4.01. The second-order valence-corrected chi connectivity index (χ2v) is 9.35. The van der Waals surface area contributed by atoms with Crippen molar-refractivity contribution in [3.05, 3.63) is 77.2 Å². The first-order chi connectivity index (χ1) is 17.0. The van der Waals surface area contributed by atoms with Crippen LogP contribution in [0.2, 0.25) is 0 Å². The van der Waals surface area contributed by atoms with E-state index in [1.54, 1.807) is 4.68 Å². The summed E-state index contributed by atoms with van der Waals surface area (Å²) < 4.78 is 3.93. The number of hydrogen-bond donors (Lipinski definition) is 2. The first-order valence-electron chi connectivity index (χ1n) is 11.9. The normalized spacial score (nSPS) is 13.5. The van der Waals surface area contributed by atoms with Gasteiger partial charge in [0.2, 0.25) is 0 Å². The van der Waals surface area contributed by atoms with Gasteiger partial charge in [-0.1, -0.05) is 12.1 Å². The number of amides is 1. The van der Waals surface area contributed by atoms with E-state index in [1.165, 1.54) is 11.1 Å². The third-order valence-corrected chi connectivity index (χ3v) is 6.60. The molecule has 1 aliphatic carbocycles. The molecule has 1 fully saturated rings. The van der Waals surface area contributed by atoms with Gasteiger partial charge in [-0.3, -0.25) is 13.9 Å². The number of carbonyl (C=O) groups excluding carboxylic acids is 1. The highest BCUT2D eigenvalue weighted by atomic mass is 16.1. The van der Waals surface area contributed by atoms with E-state index < -0.39 is 0 Å². The van der Waals surface area contributed by atoms with Crippen LogP contribution in [0.3, 0.4) is 0 Å². The third-order valence-electron chi connectivity index (χ3n) is 6.60. The zero-order chi connectivity index (χ0) is 24.1. The molecular formula is C27H27N7O. The van der Waals surface area contributed by atoms with Crippen molar-refractivity contribution in [3.8, 4) is 11.3 Å². The van der Waals surface area contributed by atoms with Gasteiger partial charge in [0.15, 0.2) is 11.5 Å². The maximum absolute atomic E-state index is 12.4. The van der Waals surface area contributed by atoms with E-state index in [2.05, 4.69) is 46.1 Å². The highest BCUT2D eigenvalue weighted by Crippen LogP contribution is 2.30. The molecule has 0 aliphatic heterocycles. The number of aromatic nitrogens is 5. The number of anilines is 1. The Hall–Kier alpha value is -4.20. The highest BCUT2D eigenvalue weighted by Gasteiger charge is 2.24. The van der Waals surface area contributed by atoms with Gasteiger partial charge in [-0.05, 0) is 68.1 Å². The van der Waals surface area contributed by atoms with Crippen molar-refractivity contribution in [1.29, 1.82) is 0 Å².